The van der Waals surface area contributed by atoms with Crippen LogP contribution in [0, 0.1) is 10.1 Å². The Balaban J connectivity index is 2.65. The van der Waals surface area contributed by atoms with Crippen LogP contribution in [0.4, 0.5) is 5.69 Å². The molecule has 0 heterocycles. The van der Waals surface area contributed by atoms with Gasteiger partial charge in [-0.25, -0.2) is 0 Å². The molecule has 0 saturated heterocycles. The molecule has 116 valence electrons. The second-order valence-corrected chi connectivity index (χ2v) is 5.50. The molecule has 0 saturated carbocycles. The normalized spacial score (nSPS) is 11.1. The molecule has 0 unspecified atom stereocenters. The molecule has 1 rings (SSSR count). The van der Waals surface area contributed by atoms with Gasteiger partial charge < -0.3 is 0 Å². The third kappa shape index (κ3) is 5.63. The second-order valence-electron chi connectivity index (χ2n) is 5.50. The lowest BCUT2D eigenvalue weighted by molar-refractivity contribution is -0.384. The number of unbranched alkanes of at least 4 members (excludes halogenated alkanes) is 2. The van der Waals surface area contributed by atoms with Crippen molar-refractivity contribution < 1.29 is 9.72 Å². The minimum absolute atomic E-state index is 0.00935. The van der Waals surface area contributed by atoms with Gasteiger partial charge in [0.05, 0.1) is 11.5 Å². The van der Waals surface area contributed by atoms with E-state index in [1.54, 1.807) is 0 Å². The third-order valence-electron chi connectivity index (χ3n) is 3.53. The fourth-order valence-electron chi connectivity index (χ4n) is 2.13. The van der Waals surface area contributed by atoms with E-state index in [2.05, 4.69) is 25.7 Å². The van der Waals surface area contributed by atoms with Crippen molar-refractivity contribution in [2.75, 3.05) is 13.1 Å². The third-order valence-corrected chi connectivity index (χ3v) is 3.53. The molecule has 5 heteroatoms. The number of benzene rings is 1. The van der Waals surface area contributed by atoms with Gasteiger partial charge in [0.15, 0.2) is 5.78 Å². The molecular weight excluding hydrogens is 268 g/mol. The minimum Gasteiger partial charge on any atom is -0.293 e. The molecule has 0 aliphatic heterocycles. The van der Waals surface area contributed by atoms with E-state index in [9.17, 15) is 14.9 Å². The van der Waals surface area contributed by atoms with Gasteiger partial charge in [-0.3, -0.25) is 19.8 Å². The van der Waals surface area contributed by atoms with Crippen LogP contribution in [0.1, 0.15) is 50.4 Å². The number of hydrogen-bond donors (Lipinski definition) is 0. The van der Waals surface area contributed by atoms with Gasteiger partial charge >= 0.3 is 0 Å². The first-order chi connectivity index (χ1) is 9.95. The molecular formula is C16H24N2O3. The summed E-state index contributed by atoms with van der Waals surface area (Å²) in [5.41, 5.74) is 0.539. The number of non-ortho nitro benzene ring substituents is 1. The van der Waals surface area contributed by atoms with Gasteiger partial charge in [0.25, 0.3) is 5.69 Å². The van der Waals surface area contributed by atoms with E-state index >= 15 is 0 Å². The standard InChI is InChI=1S/C16H24N2O3/c1-4-5-6-11-17(13(2)3)12-16(19)14-7-9-15(10-8-14)18(20)21/h7-10,13H,4-6,11-12H2,1-3H3. The summed E-state index contributed by atoms with van der Waals surface area (Å²) in [5, 5.41) is 10.6. The van der Waals surface area contributed by atoms with Crippen LogP contribution in [0.25, 0.3) is 0 Å². The molecule has 0 atom stereocenters. The smallest absolute Gasteiger partial charge is 0.269 e. The topological polar surface area (TPSA) is 63.5 Å². The molecule has 0 fully saturated rings. The maximum Gasteiger partial charge on any atom is 0.269 e. The van der Waals surface area contributed by atoms with Gasteiger partial charge in [-0.05, 0) is 38.9 Å². The molecule has 5 nitrogen and oxygen atoms in total. The van der Waals surface area contributed by atoms with Crippen molar-refractivity contribution in [1.29, 1.82) is 0 Å². The average Bonchev–Trinajstić information content (AvgIpc) is 2.46. The summed E-state index contributed by atoms with van der Waals surface area (Å²) in [5.74, 6) is 0.00935. The summed E-state index contributed by atoms with van der Waals surface area (Å²) < 4.78 is 0. The van der Waals surface area contributed by atoms with Crippen molar-refractivity contribution in [3.05, 3.63) is 39.9 Å². The molecule has 0 aliphatic rings. The minimum atomic E-state index is -0.459. The fourth-order valence-corrected chi connectivity index (χ4v) is 2.13. The number of nitro groups is 1. The van der Waals surface area contributed by atoms with Crippen LogP contribution in [0.2, 0.25) is 0 Å². The Morgan fingerprint density at radius 1 is 1.24 bits per heavy atom. The average molecular weight is 292 g/mol. The van der Waals surface area contributed by atoms with Crippen LogP contribution in [0.15, 0.2) is 24.3 Å². The summed E-state index contributed by atoms with van der Waals surface area (Å²) >= 11 is 0. The van der Waals surface area contributed by atoms with Gasteiger partial charge in [0.1, 0.15) is 0 Å². The predicted molar refractivity (Wildman–Crippen MR) is 83.7 cm³/mol. The number of rotatable bonds is 9. The second kappa shape index (κ2) is 8.52. The van der Waals surface area contributed by atoms with Crippen LogP contribution in [0.3, 0.4) is 0 Å². The van der Waals surface area contributed by atoms with Gasteiger partial charge in [-0.2, -0.15) is 0 Å². The van der Waals surface area contributed by atoms with E-state index in [1.807, 2.05) is 0 Å². The van der Waals surface area contributed by atoms with E-state index in [0.29, 0.717) is 18.2 Å². The number of carbonyl (C=O) groups is 1. The zero-order valence-electron chi connectivity index (χ0n) is 13.0. The molecule has 1 aromatic rings. The highest BCUT2D eigenvalue weighted by Crippen LogP contribution is 2.13. The maximum atomic E-state index is 12.3. The van der Waals surface area contributed by atoms with Crippen LogP contribution in [0.5, 0.6) is 0 Å². The number of nitro benzene ring substituents is 1. The van der Waals surface area contributed by atoms with Crippen molar-refractivity contribution in [2.45, 2.75) is 46.1 Å². The van der Waals surface area contributed by atoms with E-state index in [1.165, 1.54) is 24.3 Å². The largest absolute Gasteiger partial charge is 0.293 e. The molecule has 21 heavy (non-hydrogen) atoms. The Labute approximate surface area is 126 Å². The van der Waals surface area contributed by atoms with Crippen LogP contribution in [-0.4, -0.2) is 34.7 Å². The summed E-state index contributed by atoms with van der Waals surface area (Å²) in [4.78, 5) is 24.6. The van der Waals surface area contributed by atoms with Crippen LogP contribution >= 0.6 is 0 Å². The lowest BCUT2D eigenvalue weighted by Gasteiger charge is -2.25. The molecule has 0 aromatic heterocycles. The van der Waals surface area contributed by atoms with Gasteiger partial charge in [0.2, 0.25) is 0 Å². The zero-order valence-corrected chi connectivity index (χ0v) is 13.0. The molecule has 0 N–H and O–H groups in total. The van der Waals surface area contributed by atoms with Crippen molar-refractivity contribution in [2.24, 2.45) is 0 Å². The van der Waals surface area contributed by atoms with Crippen molar-refractivity contribution in [3.8, 4) is 0 Å². The number of Topliss-reactive ketones (excluding diaryl/α,β-unsaturated/α-hetero) is 1. The summed E-state index contributed by atoms with van der Waals surface area (Å²) in [6, 6.07) is 6.13. The Morgan fingerprint density at radius 3 is 2.33 bits per heavy atom. The summed E-state index contributed by atoms with van der Waals surface area (Å²) in [6.07, 6.45) is 3.40. The van der Waals surface area contributed by atoms with Gasteiger partial charge in [-0.1, -0.05) is 19.8 Å². The van der Waals surface area contributed by atoms with Crippen molar-refractivity contribution >= 4 is 11.5 Å². The molecule has 0 spiro atoms. The number of hydrogen-bond acceptors (Lipinski definition) is 4. The first-order valence-corrected chi connectivity index (χ1v) is 7.47. The molecule has 0 amide bonds. The highest BCUT2D eigenvalue weighted by molar-refractivity contribution is 5.97. The highest BCUT2D eigenvalue weighted by Gasteiger charge is 2.16. The van der Waals surface area contributed by atoms with Crippen molar-refractivity contribution in [1.82, 2.24) is 4.90 Å². The molecule has 0 bridgehead atoms. The molecule has 1 aromatic carbocycles. The number of ketones is 1. The summed E-state index contributed by atoms with van der Waals surface area (Å²) in [6.45, 7) is 7.58. The van der Waals surface area contributed by atoms with E-state index < -0.39 is 4.92 Å². The van der Waals surface area contributed by atoms with E-state index in [0.717, 1.165) is 25.8 Å². The quantitative estimate of drug-likeness (QED) is 0.301. The Bertz CT molecular complexity index is 469. The number of nitrogens with zero attached hydrogens (tertiary/aromatic N) is 2. The molecule has 0 radical (unpaired) electrons. The predicted octanol–water partition coefficient (Wildman–Crippen LogP) is 3.68. The van der Waals surface area contributed by atoms with Gasteiger partial charge in [-0.15, -0.1) is 0 Å². The van der Waals surface area contributed by atoms with Crippen LogP contribution in [-0.2, 0) is 0 Å². The molecule has 0 aliphatic carbocycles. The van der Waals surface area contributed by atoms with E-state index in [-0.39, 0.29) is 11.5 Å². The monoisotopic (exact) mass is 292 g/mol. The Hall–Kier alpha value is -1.75. The zero-order chi connectivity index (χ0) is 15.8. The number of carbonyl (C=O) groups excluding carboxylic acids is 1. The van der Waals surface area contributed by atoms with Crippen LogP contribution < -0.4 is 0 Å². The first kappa shape index (κ1) is 17.3. The summed E-state index contributed by atoms with van der Waals surface area (Å²) in [7, 11) is 0. The lowest BCUT2D eigenvalue weighted by atomic mass is 10.1. The highest BCUT2D eigenvalue weighted by atomic mass is 16.6. The van der Waals surface area contributed by atoms with Gasteiger partial charge in [0, 0.05) is 23.7 Å². The fraction of sp³-hybridized carbons (Fsp3) is 0.562. The Kier molecular flexibility index (Phi) is 7.02. The first-order valence-electron chi connectivity index (χ1n) is 7.47. The van der Waals surface area contributed by atoms with E-state index in [4.69, 9.17) is 0 Å². The SMILES string of the molecule is CCCCCN(CC(=O)c1ccc([N+](=O)[O-])cc1)C(C)C. The Morgan fingerprint density at radius 2 is 1.86 bits per heavy atom. The maximum absolute atomic E-state index is 12.3. The lowest BCUT2D eigenvalue weighted by Crippen LogP contribution is -2.36. The van der Waals surface area contributed by atoms with Crippen molar-refractivity contribution in [3.63, 3.8) is 0 Å².